The molecule has 54 valence electrons. The van der Waals surface area contributed by atoms with E-state index in [1.165, 1.54) is 6.07 Å². The number of rotatable bonds is 3. The Morgan fingerprint density at radius 2 is 2.20 bits per heavy atom. The monoisotopic (exact) mass is 161 g/mol. The van der Waals surface area contributed by atoms with E-state index in [2.05, 4.69) is 0 Å². The van der Waals surface area contributed by atoms with Crippen LogP contribution in [0, 0.1) is 17.2 Å². The van der Waals surface area contributed by atoms with Crippen molar-refractivity contribution >= 4 is 23.4 Å². The maximum absolute atomic E-state index is 10.4. The third kappa shape index (κ3) is 2.03. The number of nitriles is 1. The fraction of sp³-hybridized carbons (Fsp3) is 0.400. The number of nitrogens with zero attached hydrogens (tertiary/aromatic N) is 1. The SMILES string of the molecule is N#CC(C(=O)O)C(=O)CCl. The van der Waals surface area contributed by atoms with Crippen LogP contribution in [-0.4, -0.2) is 22.7 Å². The highest BCUT2D eigenvalue weighted by atomic mass is 35.5. The van der Waals surface area contributed by atoms with E-state index in [4.69, 9.17) is 22.0 Å². The molecule has 0 aliphatic carbocycles. The van der Waals surface area contributed by atoms with Crippen LogP contribution in [0.2, 0.25) is 0 Å². The van der Waals surface area contributed by atoms with E-state index in [1.54, 1.807) is 0 Å². The van der Waals surface area contributed by atoms with Crippen LogP contribution in [0.15, 0.2) is 0 Å². The second-order valence-electron chi connectivity index (χ2n) is 1.50. The molecule has 4 nitrogen and oxygen atoms in total. The molecule has 0 aromatic rings. The first-order chi connectivity index (χ1) is 4.63. The number of carbonyl (C=O) groups excluding carboxylic acids is 1. The first-order valence-corrected chi connectivity index (χ1v) is 2.88. The largest absolute Gasteiger partial charge is 0.480 e. The average molecular weight is 162 g/mol. The van der Waals surface area contributed by atoms with Gasteiger partial charge in [0.2, 0.25) is 5.92 Å². The average Bonchev–Trinajstić information content (AvgIpc) is 1.88. The van der Waals surface area contributed by atoms with Crippen molar-refractivity contribution in [1.82, 2.24) is 0 Å². The number of carbonyl (C=O) groups is 2. The van der Waals surface area contributed by atoms with Gasteiger partial charge < -0.3 is 5.11 Å². The summed E-state index contributed by atoms with van der Waals surface area (Å²) in [6.07, 6.45) is 0. The first kappa shape index (κ1) is 8.92. The molecule has 0 fully saturated rings. The molecule has 0 spiro atoms. The molecule has 1 N–H and O–H groups in total. The van der Waals surface area contributed by atoms with E-state index in [0.717, 1.165) is 0 Å². The fourth-order valence-corrected chi connectivity index (χ4v) is 0.496. The first-order valence-electron chi connectivity index (χ1n) is 2.34. The van der Waals surface area contributed by atoms with Gasteiger partial charge in [-0.15, -0.1) is 11.6 Å². The van der Waals surface area contributed by atoms with Gasteiger partial charge in [-0.1, -0.05) is 0 Å². The van der Waals surface area contributed by atoms with Crippen LogP contribution in [0.25, 0.3) is 0 Å². The molecule has 1 unspecified atom stereocenters. The zero-order valence-electron chi connectivity index (χ0n) is 4.87. The molecule has 0 aliphatic rings. The Labute approximate surface area is 62.0 Å². The van der Waals surface area contributed by atoms with E-state index in [0.29, 0.717) is 0 Å². The molecule has 0 saturated carbocycles. The Hall–Kier alpha value is -1.08. The fourth-order valence-electron chi connectivity index (χ4n) is 0.342. The lowest BCUT2D eigenvalue weighted by molar-refractivity contribution is -0.143. The van der Waals surface area contributed by atoms with Gasteiger partial charge in [0.1, 0.15) is 0 Å². The van der Waals surface area contributed by atoms with Crippen LogP contribution >= 0.6 is 11.6 Å². The van der Waals surface area contributed by atoms with Crippen molar-refractivity contribution in [3.05, 3.63) is 0 Å². The number of Topliss-reactive ketones (excluding diaryl/α,β-unsaturated/α-hetero) is 1. The molecule has 10 heavy (non-hydrogen) atoms. The number of aliphatic carboxylic acids is 1. The van der Waals surface area contributed by atoms with Crippen molar-refractivity contribution in [1.29, 1.82) is 5.26 Å². The Morgan fingerprint density at radius 1 is 1.70 bits per heavy atom. The van der Waals surface area contributed by atoms with Crippen LogP contribution in [0.5, 0.6) is 0 Å². The summed E-state index contributed by atoms with van der Waals surface area (Å²) in [5.41, 5.74) is 0. The summed E-state index contributed by atoms with van der Waals surface area (Å²) in [7, 11) is 0. The number of hydrogen-bond acceptors (Lipinski definition) is 3. The Balaban J connectivity index is 4.25. The van der Waals surface area contributed by atoms with Crippen LogP contribution in [0.4, 0.5) is 0 Å². The zero-order chi connectivity index (χ0) is 8.15. The van der Waals surface area contributed by atoms with Crippen LogP contribution in [-0.2, 0) is 9.59 Å². The van der Waals surface area contributed by atoms with Crippen LogP contribution in [0.1, 0.15) is 0 Å². The van der Waals surface area contributed by atoms with E-state index >= 15 is 0 Å². The van der Waals surface area contributed by atoms with Gasteiger partial charge >= 0.3 is 5.97 Å². The maximum Gasteiger partial charge on any atom is 0.328 e. The number of carboxylic acids is 1. The molecule has 0 heterocycles. The molecule has 0 amide bonds. The van der Waals surface area contributed by atoms with Gasteiger partial charge in [0.25, 0.3) is 0 Å². The summed E-state index contributed by atoms with van der Waals surface area (Å²) in [6.45, 7) is 0. The van der Waals surface area contributed by atoms with Gasteiger partial charge in [-0.2, -0.15) is 5.26 Å². The summed E-state index contributed by atoms with van der Waals surface area (Å²) >= 11 is 5.01. The van der Waals surface area contributed by atoms with Gasteiger partial charge in [0, 0.05) is 0 Å². The zero-order valence-corrected chi connectivity index (χ0v) is 5.63. The smallest absolute Gasteiger partial charge is 0.328 e. The molecule has 0 aliphatic heterocycles. The minimum absolute atomic E-state index is 0.440. The summed E-state index contributed by atoms with van der Waals surface area (Å²) in [4.78, 5) is 20.5. The number of alkyl halides is 1. The van der Waals surface area contributed by atoms with Crippen molar-refractivity contribution in [3.63, 3.8) is 0 Å². The third-order valence-corrected chi connectivity index (χ3v) is 1.09. The summed E-state index contributed by atoms with van der Waals surface area (Å²) < 4.78 is 0. The minimum atomic E-state index is -1.61. The second-order valence-corrected chi connectivity index (χ2v) is 1.77. The van der Waals surface area contributed by atoms with Crippen molar-refractivity contribution in [2.45, 2.75) is 0 Å². The van der Waals surface area contributed by atoms with Crippen molar-refractivity contribution in [2.75, 3.05) is 5.88 Å². The summed E-state index contributed by atoms with van der Waals surface area (Å²) in [6, 6.07) is 1.32. The molecule has 0 aromatic heterocycles. The lowest BCUT2D eigenvalue weighted by Crippen LogP contribution is -2.22. The van der Waals surface area contributed by atoms with E-state index in [1.807, 2.05) is 0 Å². The van der Waals surface area contributed by atoms with Crippen LogP contribution in [0.3, 0.4) is 0 Å². The highest BCUT2D eigenvalue weighted by Crippen LogP contribution is 1.97. The molecule has 0 bridgehead atoms. The topological polar surface area (TPSA) is 78.2 Å². The predicted octanol–water partition coefficient (Wildman–Crippen LogP) is 0.0187. The van der Waals surface area contributed by atoms with Gasteiger partial charge in [-0.3, -0.25) is 9.59 Å². The van der Waals surface area contributed by atoms with E-state index in [9.17, 15) is 9.59 Å². The quantitative estimate of drug-likeness (QED) is 0.468. The molecule has 5 heteroatoms. The lowest BCUT2D eigenvalue weighted by atomic mass is 10.1. The summed E-state index contributed by atoms with van der Waals surface area (Å²) in [5, 5.41) is 16.3. The maximum atomic E-state index is 10.4. The number of ketones is 1. The third-order valence-electron chi connectivity index (χ3n) is 0.830. The van der Waals surface area contributed by atoms with Gasteiger partial charge in [-0.25, -0.2) is 0 Å². The normalized spacial score (nSPS) is 11.6. The number of hydrogen-bond donors (Lipinski definition) is 1. The predicted molar refractivity (Wildman–Crippen MR) is 32.5 cm³/mol. The highest BCUT2D eigenvalue weighted by Gasteiger charge is 2.24. The van der Waals surface area contributed by atoms with Gasteiger partial charge in [0.15, 0.2) is 5.78 Å². The summed E-state index contributed by atoms with van der Waals surface area (Å²) in [5.74, 6) is -4.29. The standard InChI is InChI=1S/C5H4ClNO3/c6-1-4(8)3(2-7)5(9)10/h3H,1H2,(H,9,10). The molecular weight excluding hydrogens is 158 g/mol. The molecule has 1 atom stereocenters. The Kier molecular flexibility index (Phi) is 3.44. The molecular formula is C5H4ClNO3. The van der Waals surface area contributed by atoms with E-state index in [-0.39, 0.29) is 0 Å². The number of carboxylic acid groups (broad SMARTS) is 1. The minimum Gasteiger partial charge on any atom is -0.480 e. The van der Waals surface area contributed by atoms with Crippen molar-refractivity contribution in [2.24, 2.45) is 5.92 Å². The van der Waals surface area contributed by atoms with Crippen molar-refractivity contribution in [3.8, 4) is 6.07 Å². The van der Waals surface area contributed by atoms with Gasteiger partial charge in [0.05, 0.1) is 11.9 Å². The molecule has 0 aromatic carbocycles. The second kappa shape index (κ2) is 3.85. The Morgan fingerprint density at radius 3 is 2.30 bits per heavy atom. The highest BCUT2D eigenvalue weighted by molar-refractivity contribution is 6.29. The lowest BCUT2D eigenvalue weighted by Gasteiger charge is -1.96. The van der Waals surface area contributed by atoms with Crippen LogP contribution < -0.4 is 0 Å². The molecule has 0 saturated heterocycles. The Bertz CT molecular complexity index is 196. The van der Waals surface area contributed by atoms with E-state index < -0.39 is 23.6 Å². The molecule has 0 radical (unpaired) electrons. The van der Waals surface area contributed by atoms with Crippen molar-refractivity contribution < 1.29 is 14.7 Å². The van der Waals surface area contributed by atoms with Gasteiger partial charge in [-0.05, 0) is 0 Å². The molecule has 0 rings (SSSR count). The number of halogens is 1.